The summed E-state index contributed by atoms with van der Waals surface area (Å²) in [7, 11) is 0. The number of aromatic nitrogens is 4. The quantitative estimate of drug-likeness (QED) is 0.860. The van der Waals surface area contributed by atoms with E-state index in [-0.39, 0.29) is 5.28 Å². The van der Waals surface area contributed by atoms with Crippen LogP contribution in [0.3, 0.4) is 0 Å². The van der Waals surface area contributed by atoms with Crippen molar-refractivity contribution < 1.29 is 0 Å². The fourth-order valence-corrected chi connectivity index (χ4v) is 1.95. The molecule has 19 heavy (non-hydrogen) atoms. The Hall–Kier alpha value is -1.75. The van der Waals surface area contributed by atoms with Crippen molar-refractivity contribution in [3.63, 3.8) is 0 Å². The second-order valence-corrected chi connectivity index (χ2v) is 4.49. The lowest BCUT2D eigenvalue weighted by molar-refractivity contribution is 0.813. The highest BCUT2D eigenvalue weighted by Gasteiger charge is 2.11. The van der Waals surface area contributed by atoms with Crippen LogP contribution in [0, 0.1) is 6.92 Å². The lowest BCUT2D eigenvalue weighted by Crippen LogP contribution is -2.24. The minimum atomic E-state index is 0.202. The van der Waals surface area contributed by atoms with E-state index in [0.717, 1.165) is 24.2 Å². The number of pyridine rings is 1. The topological polar surface area (TPSA) is 54.8 Å². The van der Waals surface area contributed by atoms with Crippen LogP contribution in [-0.4, -0.2) is 33.0 Å². The highest BCUT2D eigenvalue weighted by molar-refractivity contribution is 6.28. The molecule has 0 atom stereocenters. The molecule has 0 radical (unpaired) electrons. The second kappa shape index (κ2) is 5.93. The summed E-state index contributed by atoms with van der Waals surface area (Å²) in [6.45, 7) is 7.72. The predicted molar refractivity (Wildman–Crippen MR) is 76.4 cm³/mol. The van der Waals surface area contributed by atoms with Crippen LogP contribution in [0.4, 0.5) is 5.95 Å². The summed E-state index contributed by atoms with van der Waals surface area (Å²) in [6.07, 6.45) is 3.52. The molecule has 0 fully saturated rings. The van der Waals surface area contributed by atoms with Gasteiger partial charge >= 0.3 is 0 Å². The maximum atomic E-state index is 5.99. The van der Waals surface area contributed by atoms with Crippen molar-refractivity contribution in [2.24, 2.45) is 0 Å². The molecule has 0 bridgehead atoms. The summed E-state index contributed by atoms with van der Waals surface area (Å²) in [4.78, 5) is 19.0. The minimum absolute atomic E-state index is 0.202. The molecule has 0 aromatic carbocycles. The SMILES string of the molecule is CCN(CC)c1nc(Cl)nc(-c2cncc(C)c2)n1. The molecule has 0 N–H and O–H groups in total. The number of nitrogens with zero attached hydrogens (tertiary/aromatic N) is 5. The molecule has 2 aromatic rings. The van der Waals surface area contributed by atoms with Crippen molar-refractivity contribution in [2.75, 3.05) is 18.0 Å². The van der Waals surface area contributed by atoms with Gasteiger partial charge in [-0.3, -0.25) is 4.98 Å². The standard InChI is InChI=1S/C13H16ClN5/c1-4-19(5-2)13-17-11(16-12(14)18-13)10-6-9(3)7-15-8-10/h6-8H,4-5H2,1-3H3. The van der Waals surface area contributed by atoms with Crippen molar-refractivity contribution in [2.45, 2.75) is 20.8 Å². The average Bonchev–Trinajstić information content (AvgIpc) is 2.39. The van der Waals surface area contributed by atoms with Gasteiger partial charge in [-0.05, 0) is 44.0 Å². The van der Waals surface area contributed by atoms with Crippen LogP contribution in [0.5, 0.6) is 0 Å². The van der Waals surface area contributed by atoms with Crippen molar-refractivity contribution >= 4 is 17.5 Å². The van der Waals surface area contributed by atoms with E-state index >= 15 is 0 Å². The van der Waals surface area contributed by atoms with Crippen LogP contribution in [0.25, 0.3) is 11.4 Å². The first-order valence-corrected chi connectivity index (χ1v) is 6.60. The summed E-state index contributed by atoms with van der Waals surface area (Å²) in [6, 6.07) is 1.98. The summed E-state index contributed by atoms with van der Waals surface area (Å²) >= 11 is 5.99. The van der Waals surface area contributed by atoms with Gasteiger partial charge in [-0.1, -0.05) is 0 Å². The van der Waals surface area contributed by atoms with Crippen molar-refractivity contribution in [1.29, 1.82) is 0 Å². The number of hydrogen-bond donors (Lipinski definition) is 0. The largest absolute Gasteiger partial charge is 0.341 e. The van der Waals surface area contributed by atoms with Gasteiger partial charge in [-0.25, -0.2) is 0 Å². The Morgan fingerprint density at radius 1 is 1.11 bits per heavy atom. The monoisotopic (exact) mass is 277 g/mol. The smallest absolute Gasteiger partial charge is 0.230 e. The number of aryl methyl sites for hydroxylation is 1. The molecule has 2 aromatic heterocycles. The molecule has 6 heteroatoms. The number of rotatable bonds is 4. The molecule has 0 amide bonds. The van der Waals surface area contributed by atoms with E-state index in [4.69, 9.17) is 11.6 Å². The van der Waals surface area contributed by atoms with E-state index < -0.39 is 0 Å². The maximum Gasteiger partial charge on any atom is 0.230 e. The van der Waals surface area contributed by atoms with Crippen LogP contribution in [0.15, 0.2) is 18.5 Å². The van der Waals surface area contributed by atoms with E-state index in [1.165, 1.54) is 0 Å². The van der Waals surface area contributed by atoms with E-state index in [9.17, 15) is 0 Å². The Balaban J connectivity index is 2.47. The van der Waals surface area contributed by atoms with E-state index in [1.807, 2.05) is 17.9 Å². The normalized spacial score (nSPS) is 10.5. The molecular formula is C13H16ClN5. The average molecular weight is 278 g/mol. The van der Waals surface area contributed by atoms with E-state index in [2.05, 4.69) is 33.8 Å². The zero-order valence-corrected chi connectivity index (χ0v) is 12.0. The molecule has 0 spiro atoms. The first kappa shape index (κ1) is 13.7. The molecule has 5 nitrogen and oxygen atoms in total. The first-order valence-electron chi connectivity index (χ1n) is 6.22. The summed E-state index contributed by atoms with van der Waals surface area (Å²) in [5.41, 5.74) is 1.90. The zero-order chi connectivity index (χ0) is 13.8. The third-order valence-corrected chi connectivity index (χ3v) is 2.94. The van der Waals surface area contributed by atoms with E-state index in [0.29, 0.717) is 11.8 Å². The fraction of sp³-hybridized carbons (Fsp3) is 0.385. The minimum Gasteiger partial charge on any atom is -0.341 e. The Kier molecular flexibility index (Phi) is 4.27. The Labute approximate surface area is 117 Å². The zero-order valence-electron chi connectivity index (χ0n) is 11.3. The van der Waals surface area contributed by atoms with Crippen LogP contribution in [0.1, 0.15) is 19.4 Å². The molecule has 0 unspecified atom stereocenters. The summed E-state index contributed by atoms with van der Waals surface area (Å²) in [5, 5.41) is 0.202. The fourth-order valence-electron chi connectivity index (χ4n) is 1.79. The molecule has 0 aliphatic heterocycles. The highest BCUT2D eigenvalue weighted by atomic mass is 35.5. The second-order valence-electron chi connectivity index (χ2n) is 4.15. The van der Waals surface area contributed by atoms with Gasteiger partial charge in [0.1, 0.15) is 0 Å². The first-order chi connectivity index (χ1) is 9.13. The molecule has 2 heterocycles. The van der Waals surface area contributed by atoms with Crippen LogP contribution in [0.2, 0.25) is 5.28 Å². The predicted octanol–water partition coefficient (Wildman–Crippen LogP) is 2.74. The van der Waals surface area contributed by atoms with Crippen molar-refractivity contribution in [3.05, 3.63) is 29.3 Å². The van der Waals surface area contributed by atoms with Crippen molar-refractivity contribution in [3.8, 4) is 11.4 Å². The molecule has 100 valence electrons. The van der Waals surface area contributed by atoms with Crippen LogP contribution < -0.4 is 4.90 Å². The highest BCUT2D eigenvalue weighted by Crippen LogP contribution is 2.19. The third-order valence-electron chi connectivity index (χ3n) is 2.78. The van der Waals surface area contributed by atoms with Gasteiger partial charge in [0.2, 0.25) is 11.2 Å². The number of hydrogen-bond acceptors (Lipinski definition) is 5. The Morgan fingerprint density at radius 2 is 1.84 bits per heavy atom. The van der Waals surface area contributed by atoms with Gasteiger partial charge in [0.05, 0.1) is 0 Å². The molecular weight excluding hydrogens is 262 g/mol. The molecule has 0 aliphatic carbocycles. The van der Waals surface area contributed by atoms with Crippen LogP contribution >= 0.6 is 11.6 Å². The summed E-state index contributed by atoms with van der Waals surface area (Å²) in [5.74, 6) is 1.15. The molecule has 0 saturated heterocycles. The van der Waals surface area contributed by atoms with Gasteiger partial charge in [0.15, 0.2) is 5.82 Å². The Bertz CT molecular complexity index is 569. The van der Waals surface area contributed by atoms with Gasteiger partial charge < -0.3 is 4.90 Å². The molecule has 0 aliphatic rings. The third kappa shape index (κ3) is 3.17. The molecule has 0 saturated carbocycles. The summed E-state index contributed by atoms with van der Waals surface area (Å²) < 4.78 is 0. The molecule has 2 rings (SSSR count). The van der Waals surface area contributed by atoms with Gasteiger partial charge in [0.25, 0.3) is 0 Å². The maximum absolute atomic E-state index is 5.99. The van der Waals surface area contributed by atoms with E-state index in [1.54, 1.807) is 12.4 Å². The van der Waals surface area contributed by atoms with Gasteiger partial charge in [0, 0.05) is 31.0 Å². The lowest BCUT2D eigenvalue weighted by atomic mass is 10.2. The van der Waals surface area contributed by atoms with Crippen molar-refractivity contribution in [1.82, 2.24) is 19.9 Å². The van der Waals surface area contributed by atoms with Gasteiger partial charge in [-0.2, -0.15) is 15.0 Å². The number of halogens is 1. The number of anilines is 1. The Morgan fingerprint density at radius 3 is 2.47 bits per heavy atom. The van der Waals surface area contributed by atoms with Crippen LogP contribution in [-0.2, 0) is 0 Å². The van der Waals surface area contributed by atoms with Gasteiger partial charge in [-0.15, -0.1) is 0 Å². The lowest BCUT2D eigenvalue weighted by Gasteiger charge is -2.18.